The average Bonchev–Trinajstić information content (AvgIpc) is 3.43. The molecule has 0 aliphatic carbocycles. The Morgan fingerprint density at radius 1 is 1.28 bits per heavy atom. The first-order chi connectivity index (χ1) is 17.3. The van der Waals surface area contributed by atoms with Crippen LogP contribution in [0.1, 0.15) is 29.7 Å². The third-order valence-electron chi connectivity index (χ3n) is 5.82. The van der Waals surface area contributed by atoms with E-state index in [0.717, 1.165) is 11.1 Å². The van der Waals surface area contributed by atoms with Gasteiger partial charge in [-0.15, -0.1) is 0 Å². The number of guanidine groups is 1. The van der Waals surface area contributed by atoms with E-state index in [0.29, 0.717) is 51.1 Å². The van der Waals surface area contributed by atoms with Crippen molar-refractivity contribution in [1.29, 1.82) is 0 Å². The molecule has 4 aromatic rings. The van der Waals surface area contributed by atoms with Gasteiger partial charge in [-0.05, 0) is 37.6 Å². The number of carbonyl (C=O) groups is 1. The highest BCUT2D eigenvalue weighted by Gasteiger charge is 2.31. The van der Waals surface area contributed by atoms with Gasteiger partial charge in [-0.3, -0.25) is 14.8 Å². The van der Waals surface area contributed by atoms with E-state index in [1.165, 1.54) is 0 Å². The molecular weight excluding hydrogens is 480 g/mol. The third-order valence-corrected chi connectivity index (χ3v) is 6.15. The molecule has 0 saturated carbocycles. The summed E-state index contributed by atoms with van der Waals surface area (Å²) in [5.74, 6) is 0.103. The number of hydrogen-bond donors (Lipinski definition) is 4. The van der Waals surface area contributed by atoms with Crippen LogP contribution in [0.3, 0.4) is 0 Å². The van der Waals surface area contributed by atoms with Crippen molar-refractivity contribution in [3.8, 4) is 0 Å². The van der Waals surface area contributed by atoms with Crippen LogP contribution in [0.5, 0.6) is 0 Å². The Bertz CT molecular complexity index is 1530. The number of nitrogens with zero attached hydrogens (tertiary/aromatic N) is 4. The molecule has 0 saturated heterocycles. The molecule has 5 N–H and O–H groups in total. The number of aryl methyl sites for hydroxylation is 2. The summed E-state index contributed by atoms with van der Waals surface area (Å²) >= 11 is 6.61. The standard InChI is InChI=1S/C25H25ClN8O2/c1-13-7-8-16(17(26)9-13)21-20(23(35)28-10-15-11-29-34(3)12-15)14(2)30-24(32-21)33-25-31-19-6-4-5-18(27)22(19)36-25/h4-9,11-12,21H,10,27H2,1-3H3,(H,28,35)(H2,30,31,32,33). The second-order valence-electron chi connectivity index (χ2n) is 8.61. The molecule has 184 valence electrons. The van der Waals surface area contributed by atoms with Gasteiger partial charge in [-0.1, -0.05) is 29.8 Å². The van der Waals surface area contributed by atoms with Crippen molar-refractivity contribution in [2.24, 2.45) is 12.0 Å². The summed E-state index contributed by atoms with van der Waals surface area (Å²) in [7, 11) is 1.83. The summed E-state index contributed by atoms with van der Waals surface area (Å²) < 4.78 is 7.47. The Morgan fingerprint density at radius 2 is 2.11 bits per heavy atom. The number of anilines is 2. The topological polar surface area (TPSA) is 135 Å². The molecule has 1 aliphatic heterocycles. The van der Waals surface area contributed by atoms with Gasteiger partial charge in [0.05, 0.1) is 17.5 Å². The van der Waals surface area contributed by atoms with Crippen LogP contribution in [0.2, 0.25) is 5.02 Å². The minimum Gasteiger partial charge on any atom is -0.421 e. The molecule has 2 aromatic heterocycles. The van der Waals surface area contributed by atoms with E-state index in [1.807, 2.05) is 45.3 Å². The van der Waals surface area contributed by atoms with Crippen molar-refractivity contribution >= 4 is 46.3 Å². The number of rotatable bonds is 5. The first-order valence-corrected chi connectivity index (χ1v) is 11.7. The zero-order valence-corrected chi connectivity index (χ0v) is 20.7. The van der Waals surface area contributed by atoms with Gasteiger partial charge in [-0.25, -0.2) is 4.99 Å². The molecule has 36 heavy (non-hydrogen) atoms. The number of aromatic nitrogens is 3. The molecule has 3 heterocycles. The summed E-state index contributed by atoms with van der Waals surface area (Å²) in [5, 5.41) is 13.8. The lowest BCUT2D eigenvalue weighted by atomic mass is 9.95. The maximum Gasteiger partial charge on any atom is 0.302 e. The van der Waals surface area contributed by atoms with Crippen LogP contribution in [0, 0.1) is 6.92 Å². The molecule has 0 fully saturated rings. The van der Waals surface area contributed by atoms with Crippen LogP contribution in [-0.2, 0) is 18.4 Å². The van der Waals surface area contributed by atoms with E-state index in [2.05, 4.69) is 26.0 Å². The average molecular weight is 505 g/mol. The maximum atomic E-state index is 13.4. The fourth-order valence-corrected chi connectivity index (χ4v) is 4.42. The van der Waals surface area contributed by atoms with Crippen LogP contribution in [0.15, 0.2) is 69.5 Å². The summed E-state index contributed by atoms with van der Waals surface area (Å²) in [4.78, 5) is 22.6. The van der Waals surface area contributed by atoms with Gasteiger partial charge in [0.25, 0.3) is 5.91 Å². The molecule has 1 unspecified atom stereocenters. The van der Waals surface area contributed by atoms with E-state index in [-0.39, 0.29) is 11.9 Å². The first-order valence-electron chi connectivity index (χ1n) is 11.3. The lowest BCUT2D eigenvalue weighted by molar-refractivity contribution is -0.118. The molecular formula is C25H25ClN8O2. The smallest absolute Gasteiger partial charge is 0.302 e. The fourth-order valence-electron chi connectivity index (χ4n) is 4.08. The van der Waals surface area contributed by atoms with Gasteiger partial charge in [0, 0.05) is 41.6 Å². The Hall–Kier alpha value is -4.31. The molecule has 11 heteroatoms. The van der Waals surface area contributed by atoms with Crippen LogP contribution in [0.25, 0.3) is 11.1 Å². The number of nitrogens with two attached hydrogens (primary N) is 1. The van der Waals surface area contributed by atoms with E-state index in [1.54, 1.807) is 29.1 Å². The van der Waals surface area contributed by atoms with E-state index < -0.39 is 6.04 Å². The molecule has 0 radical (unpaired) electrons. The van der Waals surface area contributed by atoms with Gasteiger partial charge < -0.3 is 20.8 Å². The number of amides is 1. The highest BCUT2D eigenvalue weighted by Crippen LogP contribution is 2.35. The predicted octanol–water partition coefficient (Wildman–Crippen LogP) is 3.81. The normalized spacial score (nSPS) is 15.6. The number of halogens is 1. The number of oxazole rings is 1. The zero-order valence-electron chi connectivity index (χ0n) is 20.0. The Kier molecular flexibility index (Phi) is 6.11. The van der Waals surface area contributed by atoms with Crippen molar-refractivity contribution in [3.05, 3.63) is 81.8 Å². The molecule has 1 atom stereocenters. The number of hydrogen-bond acceptors (Lipinski definition) is 8. The molecule has 1 aliphatic rings. The monoisotopic (exact) mass is 504 g/mol. The van der Waals surface area contributed by atoms with Crippen molar-refractivity contribution in [1.82, 2.24) is 25.4 Å². The largest absolute Gasteiger partial charge is 0.421 e. The Balaban J connectivity index is 1.47. The minimum atomic E-state index is -0.662. The quantitative estimate of drug-likeness (QED) is 0.303. The van der Waals surface area contributed by atoms with E-state index in [4.69, 9.17) is 26.7 Å². The SMILES string of the molecule is CC1=C(C(=O)NCc2cnn(C)c2)C(c2ccc(C)cc2Cl)N=C(Nc2nc3cccc(N)c3o2)N1. The van der Waals surface area contributed by atoms with Gasteiger partial charge in [0.15, 0.2) is 5.58 Å². The number of aliphatic imine (C=N–C) groups is 1. The Labute approximate surface area is 212 Å². The Morgan fingerprint density at radius 3 is 2.83 bits per heavy atom. The van der Waals surface area contributed by atoms with Gasteiger partial charge in [0.1, 0.15) is 11.6 Å². The minimum absolute atomic E-state index is 0.222. The highest BCUT2D eigenvalue weighted by atomic mass is 35.5. The second kappa shape index (κ2) is 9.38. The number of nitrogen functional groups attached to an aromatic ring is 1. The van der Waals surface area contributed by atoms with Crippen molar-refractivity contribution in [2.75, 3.05) is 11.1 Å². The molecule has 10 nitrogen and oxygen atoms in total. The van der Waals surface area contributed by atoms with Crippen molar-refractivity contribution in [3.63, 3.8) is 0 Å². The number of allylic oxidation sites excluding steroid dienone is 1. The number of nitrogens with one attached hydrogen (secondary N) is 3. The van der Waals surface area contributed by atoms with Crippen molar-refractivity contribution in [2.45, 2.75) is 26.4 Å². The maximum absolute atomic E-state index is 13.4. The summed E-state index contributed by atoms with van der Waals surface area (Å²) in [6.07, 6.45) is 3.56. The van der Waals surface area contributed by atoms with E-state index in [9.17, 15) is 4.79 Å². The number of fused-ring (bicyclic) bond motifs is 1. The molecule has 0 bridgehead atoms. The van der Waals surface area contributed by atoms with Crippen molar-refractivity contribution < 1.29 is 9.21 Å². The summed E-state index contributed by atoms with van der Waals surface area (Å²) in [6, 6.07) is 10.6. The fraction of sp³-hybridized carbons (Fsp3) is 0.200. The first kappa shape index (κ1) is 23.4. The lowest BCUT2D eigenvalue weighted by Gasteiger charge is -2.27. The summed E-state index contributed by atoms with van der Waals surface area (Å²) in [5.41, 5.74) is 11.3. The lowest BCUT2D eigenvalue weighted by Crippen LogP contribution is -2.39. The second-order valence-corrected chi connectivity index (χ2v) is 9.02. The summed E-state index contributed by atoms with van der Waals surface area (Å²) in [6.45, 7) is 4.10. The number of para-hydroxylation sites is 1. The number of carbonyl (C=O) groups excluding carboxylic acids is 1. The van der Waals surface area contributed by atoms with Crippen LogP contribution in [-0.4, -0.2) is 26.6 Å². The third kappa shape index (κ3) is 4.63. The number of benzene rings is 2. The van der Waals surface area contributed by atoms with Gasteiger partial charge in [0.2, 0.25) is 5.96 Å². The van der Waals surface area contributed by atoms with Crippen LogP contribution in [0.4, 0.5) is 11.7 Å². The van der Waals surface area contributed by atoms with Crippen LogP contribution >= 0.6 is 11.6 Å². The highest BCUT2D eigenvalue weighted by molar-refractivity contribution is 6.31. The molecule has 0 spiro atoms. The molecule has 1 amide bonds. The van der Waals surface area contributed by atoms with Gasteiger partial charge in [-0.2, -0.15) is 10.1 Å². The molecule has 5 rings (SSSR count). The van der Waals surface area contributed by atoms with Crippen LogP contribution < -0.4 is 21.7 Å². The van der Waals surface area contributed by atoms with Gasteiger partial charge >= 0.3 is 6.01 Å². The zero-order chi connectivity index (χ0) is 25.4. The van der Waals surface area contributed by atoms with E-state index >= 15 is 0 Å². The molecule has 2 aromatic carbocycles. The predicted molar refractivity (Wildman–Crippen MR) is 139 cm³/mol.